The summed E-state index contributed by atoms with van der Waals surface area (Å²) in [6.07, 6.45) is 1.49. The number of rotatable bonds is 3. The van der Waals surface area contributed by atoms with Crippen LogP contribution >= 0.6 is 0 Å². The van der Waals surface area contributed by atoms with Gasteiger partial charge in [-0.05, 0) is 36.4 Å². The van der Waals surface area contributed by atoms with E-state index in [1.165, 1.54) is 25.4 Å². The zero-order valence-electron chi connectivity index (χ0n) is 14.4. The van der Waals surface area contributed by atoms with Gasteiger partial charge in [0.15, 0.2) is 0 Å². The predicted molar refractivity (Wildman–Crippen MR) is 97.8 cm³/mol. The van der Waals surface area contributed by atoms with E-state index in [1.54, 1.807) is 24.3 Å². The van der Waals surface area contributed by atoms with E-state index in [9.17, 15) is 14.9 Å². The van der Waals surface area contributed by atoms with Gasteiger partial charge in [0.05, 0.1) is 29.7 Å². The number of nitrogens with one attached hydrogen (secondary N) is 1. The average Bonchev–Trinajstić information content (AvgIpc) is 3.08. The number of hydrogen-bond acceptors (Lipinski definition) is 3. The minimum atomic E-state index is -0.416. The molecule has 6 heteroatoms. The fourth-order valence-corrected chi connectivity index (χ4v) is 3.30. The van der Waals surface area contributed by atoms with Gasteiger partial charge in [-0.15, -0.1) is 0 Å². The van der Waals surface area contributed by atoms with Crippen LogP contribution in [-0.4, -0.2) is 17.3 Å². The Morgan fingerprint density at radius 3 is 2.70 bits per heavy atom. The summed E-state index contributed by atoms with van der Waals surface area (Å²) in [5, 5.41) is 20.5. The van der Waals surface area contributed by atoms with Crippen LogP contribution in [0.3, 0.4) is 0 Å². The summed E-state index contributed by atoms with van der Waals surface area (Å²) in [6.45, 7) is 0. The first-order valence-corrected chi connectivity index (χ1v) is 8.23. The van der Waals surface area contributed by atoms with E-state index >= 15 is 0 Å². The number of nitriles is 1. The lowest BCUT2D eigenvalue weighted by atomic mass is 9.95. The zero-order chi connectivity index (χ0) is 19.0. The van der Waals surface area contributed by atoms with Gasteiger partial charge in [0.1, 0.15) is 23.5 Å². The maximum atomic E-state index is 14.0. The standard InChI is InChI=1S/C21H14FN3O2/c1-27-18-9-8-14(22)11-17(18)20-19(15-6-3-2-5-13(15)12-23)16-7-4-10-25(26)21(16)24-20/h2-11,26H,1H3/p+1. The molecule has 0 atom stereocenters. The highest BCUT2D eigenvalue weighted by Gasteiger charge is 2.26. The van der Waals surface area contributed by atoms with Crippen molar-refractivity contribution in [3.63, 3.8) is 0 Å². The molecule has 0 unspecified atom stereocenters. The third-order valence-electron chi connectivity index (χ3n) is 4.48. The Kier molecular flexibility index (Phi) is 3.98. The number of benzene rings is 2. The van der Waals surface area contributed by atoms with Crippen LogP contribution in [0, 0.1) is 17.1 Å². The Morgan fingerprint density at radius 1 is 1.11 bits per heavy atom. The molecule has 27 heavy (non-hydrogen) atoms. The molecular formula is C21H15FN3O2+. The van der Waals surface area contributed by atoms with Crippen molar-refractivity contribution < 1.29 is 19.1 Å². The Bertz CT molecular complexity index is 1210. The van der Waals surface area contributed by atoms with Crippen molar-refractivity contribution in [2.75, 3.05) is 7.11 Å². The van der Waals surface area contributed by atoms with E-state index in [1.807, 2.05) is 18.2 Å². The molecule has 2 aromatic carbocycles. The fraction of sp³-hybridized carbons (Fsp3) is 0.0476. The molecule has 0 fully saturated rings. The predicted octanol–water partition coefficient (Wildman–Crippen LogP) is 4.05. The van der Waals surface area contributed by atoms with Crippen molar-refractivity contribution in [1.29, 1.82) is 5.26 Å². The molecule has 0 spiro atoms. The molecular weight excluding hydrogens is 345 g/mol. The largest absolute Gasteiger partial charge is 0.496 e. The molecule has 2 aromatic heterocycles. The molecule has 0 radical (unpaired) electrons. The summed E-state index contributed by atoms with van der Waals surface area (Å²) >= 11 is 0. The van der Waals surface area contributed by atoms with Crippen molar-refractivity contribution in [3.05, 3.63) is 72.2 Å². The lowest BCUT2D eigenvalue weighted by Gasteiger charge is -2.09. The van der Waals surface area contributed by atoms with E-state index in [-0.39, 0.29) is 0 Å². The van der Waals surface area contributed by atoms with Gasteiger partial charge in [0, 0.05) is 11.1 Å². The van der Waals surface area contributed by atoms with Crippen LogP contribution in [0.1, 0.15) is 5.56 Å². The third-order valence-corrected chi connectivity index (χ3v) is 4.48. The van der Waals surface area contributed by atoms with Gasteiger partial charge in [-0.3, -0.25) is 0 Å². The fourth-order valence-electron chi connectivity index (χ4n) is 3.30. The Morgan fingerprint density at radius 2 is 1.93 bits per heavy atom. The molecule has 0 aliphatic carbocycles. The van der Waals surface area contributed by atoms with Gasteiger partial charge >= 0.3 is 5.65 Å². The second kappa shape index (κ2) is 6.46. The summed E-state index contributed by atoms with van der Waals surface area (Å²) in [4.78, 5) is 3.16. The summed E-state index contributed by atoms with van der Waals surface area (Å²) in [5.74, 6) is 0.0592. The first-order valence-electron chi connectivity index (χ1n) is 8.23. The Labute approximate surface area is 154 Å². The van der Waals surface area contributed by atoms with Crippen molar-refractivity contribution in [3.8, 4) is 34.2 Å². The average molecular weight is 360 g/mol. The first-order chi connectivity index (χ1) is 13.1. The number of ether oxygens (including phenoxy) is 1. The van der Waals surface area contributed by atoms with Gasteiger partial charge in [0.2, 0.25) is 0 Å². The van der Waals surface area contributed by atoms with E-state index in [0.29, 0.717) is 44.7 Å². The quantitative estimate of drug-likeness (QED) is 0.428. The van der Waals surface area contributed by atoms with Crippen LogP contribution in [0.25, 0.3) is 33.4 Å². The Balaban J connectivity index is 2.16. The maximum Gasteiger partial charge on any atom is 0.326 e. The number of H-pyrrole nitrogens is 1. The highest BCUT2D eigenvalue weighted by atomic mass is 19.1. The molecule has 0 aliphatic heterocycles. The molecule has 4 rings (SSSR count). The molecule has 0 saturated heterocycles. The smallest absolute Gasteiger partial charge is 0.326 e. The van der Waals surface area contributed by atoms with Crippen molar-refractivity contribution in [1.82, 2.24) is 4.98 Å². The van der Waals surface area contributed by atoms with Crippen LogP contribution in [-0.2, 0) is 0 Å². The first kappa shape index (κ1) is 16.6. The molecule has 2 heterocycles. The van der Waals surface area contributed by atoms with Gasteiger partial charge in [-0.25, -0.2) is 9.37 Å². The third kappa shape index (κ3) is 2.66. The summed E-state index contributed by atoms with van der Waals surface area (Å²) in [6, 6.07) is 17.1. The van der Waals surface area contributed by atoms with Gasteiger partial charge in [-0.2, -0.15) is 5.26 Å². The topological polar surface area (TPSA) is 72.9 Å². The molecule has 0 amide bonds. The number of hydrogen-bond donors (Lipinski definition) is 2. The van der Waals surface area contributed by atoms with E-state index in [0.717, 1.165) is 4.73 Å². The zero-order valence-corrected chi connectivity index (χ0v) is 14.4. The molecule has 132 valence electrons. The number of halogens is 1. The van der Waals surface area contributed by atoms with Crippen molar-refractivity contribution in [2.45, 2.75) is 0 Å². The number of pyridine rings is 1. The number of methoxy groups -OCH3 is 1. The molecule has 4 aromatic rings. The highest BCUT2D eigenvalue weighted by molar-refractivity contribution is 6.03. The van der Waals surface area contributed by atoms with Gasteiger partial charge < -0.3 is 9.94 Å². The highest BCUT2D eigenvalue weighted by Crippen LogP contribution is 2.42. The molecule has 5 nitrogen and oxygen atoms in total. The Hall–Kier alpha value is -3.85. The SMILES string of the molecule is COc1ccc(F)cc1-c1[nH]c2c(ccc[n+]2O)c1-c1ccccc1C#N. The monoisotopic (exact) mass is 360 g/mol. The van der Waals surface area contributed by atoms with Crippen LogP contribution < -0.4 is 9.47 Å². The minimum Gasteiger partial charge on any atom is -0.496 e. The number of aromatic nitrogens is 2. The molecule has 0 aliphatic rings. The maximum absolute atomic E-state index is 14.0. The summed E-state index contributed by atoms with van der Waals surface area (Å²) in [5.41, 5.74) is 3.33. The normalized spacial score (nSPS) is 10.7. The molecule has 2 N–H and O–H groups in total. The van der Waals surface area contributed by atoms with E-state index < -0.39 is 5.82 Å². The van der Waals surface area contributed by atoms with Crippen molar-refractivity contribution >= 4 is 11.0 Å². The second-order valence-corrected chi connectivity index (χ2v) is 5.99. The van der Waals surface area contributed by atoms with Crippen LogP contribution in [0.15, 0.2) is 60.8 Å². The summed E-state index contributed by atoms with van der Waals surface area (Å²) in [7, 11) is 1.51. The van der Waals surface area contributed by atoms with Crippen molar-refractivity contribution in [2.24, 2.45) is 0 Å². The van der Waals surface area contributed by atoms with Crippen LogP contribution in [0.2, 0.25) is 0 Å². The lowest BCUT2D eigenvalue weighted by Crippen LogP contribution is -2.30. The van der Waals surface area contributed by atoms with Crippen LogP contribution in [0.4, 0.5) is 4.39 Å². The van der Waals surface area contributed by atoms with Crippen LogP contribution in [0.5, 0.6) is 5.75 Å². The lowest BCUT2D eigenvalue weighted by molar-refractivity contribution is -0.885. The van der Waals surface area contributed by atoms with E-state index in [2.05, 4.69) is 11.1 Å². The second-order valence-electron chi connectivity index (χ2n) is 5.99. The molecule has 0 saturated carbocycles. The number of aromatic amines is 1. The molecule has 0 bridgehead atoms. The number of fused-ring (bicyclic) bond motifs is 1. The van der Waals surface area contributed by atoms with Gasteiger partial charge in [0.25, 0.3) is 0 Å². The van der Waals surface area contributed by atoms with E-state index in [4.69, 9.17) is 4.74 Å². The summed E-state index contributed by atoms with van der Waals surface area (Å²) < 4.78 is 20.4. The number of nitrogens with zero attached hydrogens (tertiary/aromatic N) is 2. The minimum absolute atomic E-state index is 0.416. The van der Waals surface area contributed by atoms with Gasteiger partial charge in [-0.1, -0.05) is 22.9 Å².